The molecule has 0 amide bonds. The molecule has 0 radical (unpaired) electrons. The second-order valence-electron chi connectivity index (χ2n) is 9.69. The van der Waals surface area contributed by atoms with Crippen molar-refractivity contribution in [3.8, 4) is 39.5 Å². The molecule has 0 atom stereocenters. The van der Waals surface area contributed by atoms with Crippen LogP contribution in [-0.2, 0) is 0 Å². The van der Waals surface area contributed by atoms with Crippen LogP contribution in [0.25, 0.3) is 55.6 Å². The van der Waals surface area contributed by atoms with Gasteiger partial charge in [-0.3, -0.25) is 25.0 Å². The van der Waals surface area contributed by atoms with Crippen LogP contribution < -0.4 is 4.74 Å². The number of rotatable bonds is 7. The van der Waals surface area contributed by atoms with Crippen LogP contribution in [0, 0.1) is 0 Å². The van der Waals surface area contributed by atoms with Crippen molar-refractivity contribution in [3.05, 3.63) is 79.5 Å². The summed E-state index contributed by atoms with van der Waals surface area (Å²) in [7, 11) is 0. The van der Waals surface area contributed by atoms with Gasteiger partial charge in [-0.1, -0.05) is 18.2 Å². The van der Waals surface area contributed by atoms with Gasteiger partial charge in [0.15, 0.2) is 0 Å². The van der Waals surface area contributed by atoms with Crippen molar-refractivity contribution in [1.29, 1.82) is 0 Å². The molecule has 6 aromatic rings. The molecule has 1 aliphatic heterocycles. The van der Waals surface area contributed by atoms with Gasteiger partial charge >= 0.3 is 0 Å². The van der Waals surface area contributed by atoms with Crippen LogP contribution in [0.4, 0.5) is 0 Å². The molecule has 5 aromatic heterocycles. The lowest BCUT2D eigenvalue weighted by atomic mass is 10.0. The maximum Gasteiger partial charge on any atom is 0.138 e. The van der Waals surface area contributed by atoms with Gasteiger partial charge in [0.1, 0.15) is 18.1 Å². The highest BCUT2D eigenvalue weighted by Gasteiger charge is 2.15. The summed E-state index contributed by atoms with van der Waals surface area (Å²) < 4.78 is 6.02. The van der Waals surface area contributed by atoms with E-state index in [1.807, 2.05) is 30.7 Å². The van der Waals surface area contributed by atoms with Crippen molar-refractivity contribution in [2.24, 2.45) is 0 Å². The molecule has 6 heterocycles. The smallest absolute Gasteiger partial charge is 0.138 e. The van der Waals surface area contributed by atoms with E-state index in [4.69, 9.17) is 4.74 Å². The zero-order valence-corrected chi connectivity index (χ0v) is 20.9. The Kier molecular flexibility index (Phi) is 5.79. The SMILES string of the molecule is c1cncc(-c2cccc3[nH]c(-c4n[nH]c5cnc(-c6cncc(OCCN7CCCC7)c6)cc45)cc23)c1. The summed E-state index contributed by atoms with van der Waals surface area (Å²) in [6.07, 6.45) is 11.7. The number of nitrogens with one attached hydrogen (secondary N) is 2. The lowest BCUT2D eigenvalue weighted by molar-refractivity contribution is 0.237. The molecule has 1 aromatic carbocycles. The highest BCUT2D eigenvalue weighted by molar-refractivity contribution is 6.01. The number of aromatic nitrogens is 6. The molecular formula is C30H27N7O. The first-order valence-electron chi connectivity index (χ1n) is 13.0. The van der Waals surface area contributed by atoms with Gasteiger partial charge in [0.25, 0.3) is 0 Å². The largest absolute Gasteiger partial charge is 0.491 e. The standard InChI is InChI=1S/C30H27N7O/c1-2-10-37(9-1)11-12-38-22-13-21(17-32-18-22)27-15-25-29(19-33-27)35-36-30(25)28-14-24-23(6-3-7-26(24)34-28)20-5-4-8-31-16-20/h3-8,13-19,34H,1-2,9-12H2,(H,35,36). The number of ether oxygens (including phenoxy) is 1. The number of hydrogen-bond donors (Lipinski definition) is 2. The minimum Gasteiger partial charge on any atom is -0.491 e. The average molecular weight is 502 g/mol. The number of likely N-dealkylation sites (tertiary alicyclic amines) is 1. The Morgan fingerprint density at radius 3 is 2.66 bits per heavy atom. The third-order valence-corrected chi connectivity index (χ3v) is 7.22. The van der Waals surface area contributed by atoms with E-state index < -0.39 is 0 Å². The fraction of sp³-hybridized carbons (Fsp3) is 0.200. The Labute approximate surface area is 219 Å². The van der Waals surface area contributed by atoms with Crippen LogP contribution in [0.5, 0.6) is 5.75 Å². The number of pyridine rings is 3. The Morgan fingerprint density at radius 1 is 0.842 bits per heavy atom. The number of aromatic amines is 2. The molecule has 188 valence electrons. The summed E-state index contributed by atoms with van der Waals surface area (Å²) in [5, 5.41) is 9.89. The van der Waals surface area contributed by atoms with E-state index >= 15 is 0 Å². The number of fused-ring (bicyclic) bond motifs is 2. The van der Waals surface area contributed by atoms with Gasteiger partial charge in [-0.2, -0.15) is 5.10 Å². The zero-order chi connectivity index (χ0) is 25.3. The van der Waals surface area contributed by atoms with E-state index in [-0.39, 0.29) is 0 Å². The summed E-state index contributed by atoms with van der Waals surface area (Å²) in [6, 6.07) is 16.5. The Morgan fingerprint density at radius 2 is 1.76 bits per heavy atom. The Hall–Kier alpha value is -4.56. The second kappa shape index (κ2) is 9.72. The maximum atomic E-state index is 6.02. The minimum absolute atomic E-state index is 0.658. The van der Waals surface area contributed by atoms with E-state index in [1.54, 1.807) is 12.4 Å². The highest BCUT2D eigenvalue weighted by atomic mass is 16.5. The average Bonchev–Trinajstić information content (AvgIpc) is 3.73. The van der Waals surface area contributed by atoms with E-state index in [0.717, 1.165) is 67.9 Å². The van der Waals surface area contributed by atoms with Crippen molar-refractivity contribution in [2.45, 2.75) is 12.8 Å². The molecule has 1 fully saturated rings. The topological polar surface area (TPSA) is 95.6 Å². The van der Waals surface area contributed by atoms with Crippen molar-refractivity contribution >= 4 is 21.8 Å². The van der Waals surface area contributed by atoms with Gasteiger partial charge in [-0.15, -0.1) is 0 Å². The number of H-pyrrole nitrogens is 2. The van der Waals surface area contributed by atoms with Crippen LogP contribution >= 0.6 is 0 Å². The molecule has 1 saturated heterocycles. The fourth-order valence-electron chi connectivity index (χ4n) is 5.27. The first-order chi connectivity index (χ1) is 18.8. The first-order valence-corrected chi connectivity index (χ1v) is 13.0. The van der Waals surface area contributed by atoms with E-state index in [9.17, 15) is 0 Å². The predicted molar refractivity (Wildman–Crippen MR) is 149 cm³/mol. The molecule has 0 aliphatic carbocycles. The van der Waals surface area contributed by atoms with Gasteiger partial charge in [-0.25, -0.2) is 0 Å². The molecule has 2 N–H and O–H groups in total. The molecule has 38 heavy (non-hydrogen) atoms. The zero-order valence-electron chi connectivity index (χ0n) is 20.9. The lowest BCUT2D eigenvalue weighted by Gasteiger charge is -2.15. The van der Waals surface area contributed by atoms with Crippen LogP contribution in [-0.4, -0.2) is 61.3 Å². The van der Waals surface area contributed by atoms with E-state index in [1.165, 1.54) is 25.9 Å². The molecule has 0 unspecified atom stereocenters. The van der Waals surface area contributed by atoms with E-state index in [2.05, 4.69) is 71.4 Å². The Balaban J connectivity index is 1.20. The second-order valence-corrected chi connectivity index (χ2v) is 9.69. The monoisotopic (exact) mass is 501 g/mol. The molecule has 7 rings (SSSR count). The molecule has 0 spiro atoms. The summed E-state index contributed by atoms with van der Waals surface area (Å²) in [5.41, 5.74) is 7.67. The highest BCUT2D eigenvalue weighted by Crippen LogP contribution is 2.34. The normalized spacial score (nSPS) is 14.0. The van der Waals surface area contributed by atoms with Gasteiger partial charge < -0.3 is 9.72 Å². The van der Waals surface area contributed by atoms with Crippen LogP contribution in [0.1, 0.15) is 12.8 Å². The van der Waals surface area contributed by atoms with Crippen LogP contribution in [0.3, 0.4) is 0 Å². The molecule has 8 nitrogen and oxygen atoms in total. The van der Waals surface area contributed by atoms with Gasteiger partial charge in [0.2, 0.25) is 0 Å². The van der Waals surface area contributed by atoms with Crippen LogP contribution in [0.2, 0.25) is 0 Å². The number of hydrogen-bond acceptors (Lipinski definition) is 6. The van der Waals surface area contributed by atoms with Crippen molar-refractivity contribution in [3.63, 3.8) is 0 Å². The van der Waals surface area contributed by atoms with Crippen LogP contribution in [0.15, 0.2) is 79.5 Å². The first kappa shape index (κ1) is 22.6. The fourth-order valence-corrected chi connectivity index (χ4v) is 5.27. The molecule has 1 aliphatic rings. The van der Waals surface area contributed by atoms with Crippen molar-refractivity contribution in [2.75, 3.05) is 26.2 Å². The minimum atomic E-state index is 0.658. The van der Waals surface area contributed by atoms with Crippen molar-refractivity contribution in [1.82, 2.24) is 35.0 Å². The predicted octanol–water partition coefficient (Wildman–Crippen LogP) is 5.70. The molecule has 0 bridgehead atoms. The summed E-state index contributed by atoms with van der Waals surface area (Å²) in [6.45, 7) is 3.93. The quantitative estimate of drug-likeness (QED) is 0.291. The number of nitrogens with zero attached hydrogens (tertiary/aromatic N) is 5. The molecule has 0 saturated carbocycles. The van der Waals surface area contributed by atoms with Gasteiger partial charge in [-0.05, 0) is 61.8 Å². The third kappa shape index (κ3) is 4.29. The lowest BCUT2D eigenvalue weighted by Crippen LogP contribution is -2.25. The summed E-state index contributed by atoms with van der Waals surface area (Å²) in [4.78, 5) is 19.4. The van der Waals surface area contributed by atoms with Gasteiger partial charge in [0, 0.05) is 52.6 Å². The summed E-state index contributed by atoms with van der Waals surface area (Å²) in [5.74, 6) is 0.759. The van der Waals surface area contributed by atoms with E-state index in [0.29, 0.717) is 6.61 Å². The molecular weight excluding hydrogens is 474 g/mol. The summed E-state index contributed by atoms with van der Waals surface area (Å²) >= 11 is 0. The number of benzene rings is 1. The van der Waals surface area contributed by atoms with Gasteiger partial charge in [0.05, 0.1) is 29.3 Å². The van der Waals surface area contributed by atoms with Crippen molar-refractivity contribution < 1.29 is 4.74 Å². The Bertz CT molecular complexity index is 1720. The molecule has 8 heteroatoms. The third-order valence-electron chi connectivity index (χ3n) is 7.22. The maximum absolute atomic E-state index is 6.02.